The van der Waals surface area contributed by atoms with Gasteiger partial charge < -0.3 is 10.2 Å². The lowest BCUT2D eigenvalue weighted by Crippen LogP contribution is -2.03. The van der Waals surface area contributed by atoms with Crippen LogP contribution >= 0.6 is 11.8 Å². The zero-order valence-corrected chi connectivity index (χ0v) is 10.9. The minimum atomic E-state index is 0.315. The van der Waals surface area contributed by atoms with Crippen molar-refractivity contribution in [2.75, 3.05) is 6.26 Å². The van der Waals surface area contributed by atoms with Crippen LogP contribution in [0.2, 0.25) is 0 Å². The van der Waals surface area contributed by atoms with E-state index in [1.54, 1.807) is 11.8 Å². The number of thioether (sulfide) groups is 1. The predicted molar refractivity (Wildman–Crippen MR) is 76.3 cm³/mol. The Morgan fingerprint density at radius 3 is 2.22 bits per heavy atom. The van der Waals surface area contributed by atoms with Gasteiger partial charge in [0.15, 0.2) is 0 Å². The summed E-state index contributed by atoms with van der Waals surface area (Å²) < 4.78 is 0. The number of phenolic OH excluding ortho intramolecular Hbond substituents is 2. The number of rotatable bonds is 1. The van der Waals surface area contributed by atoms with E-state index in [0.717, 1.165) is 21.9 Å². The summed E-state index contributed by atoms with van der Waals surface area (Å²) in [6.45, 7) is 0. The number of fused-ring (bicyclic) bond motifs is 2. The summed E-state index contributed by atoms with van der Waals surface area (Å²) in [5.41, 5.74) is 1.74. The topological polar surface area (TPSA) is 40.5 Å². The molecule has 0 amide bonds. The standard InChI is InChI=1S/C15H14O2S/c1-18-9-6-7-12-13(8-9)15(17)11-5-3-2-4-10(11)14(12)16/h2-6,16-17H,7-8H2,1H3. The number of phenols is 2. The molecule has 0 atom stereocenters. The van der Waals surface area contributed by atoms with Crippen molar-refractivity contribution in [3.63, 3.8) is 0 Å². The number of hydrogen-bond acceptors (Lipinski definition) is 3. The minimum absolute atomic E-state index is 0.315. The minimum Gasteiger partial charge on any atom is -0.507 e. The Morgan fingerprint density at radius 2 is 1.61 bits per heavy atom. The maximum Gasteiger partial charge on any atom is 0.127 e. The van der Waals surface area contributed by atoms with Crippen molar-refractivity contribution in [2.45, 2.75) is 12.8 Å². The van der Waals surface area contributed by atoms with Gasteiger partial charge in [-0.05, 0) is 17.6 Å². The Morgan fingerprint density at radius 1 is 1.00 bits per heavy atom. The Hall–Kier alpha value is -1.61. The third-order valence-electron chi connectivity index (χ3n) is 3.52. The van der Waals surface area contributed by atoms with Gasteiger partial charge in [0, 0.05) is 28.3 Å². The van der Waals surface area contributed by atoms with E-state index >= 15 is 0 Å². The quantitative estimate of drug-likeness (QED) is 0.768. The van der Waals surface area contributed by atoms with Crippen molar-refractivity contribution in [3.8, 4) is 11.5 Å². The fourth-order valence-corrected chi connectivity index (χ4v) is 3.07. The number of allylic oxidation sites excluding steroid dienone is 2. The maximum absolute atomic E-state index is 10.4. The van der Waals surface area contributed by atoms with Crippen molar-refractivity contribution in [1.29, 1.82) is 0 Å². The first-order valence-corrected chi connectivity index (χ1v) is 7.12. The van der Waals surface area contributed by atoms with E-state index in [0.29, 0.717) is 24.3 Å². The first-order valence-electron chi connectivity index (χ1n) is 5.89. The SMILES string of the molecule is CSC1=CCc2c(c(O)c3ccccc3c2O)C1. The van der Waals surface area contributed by atoms with Gasteiger partial charge in [0.05, 0.1) is 0 Å². The van der Waals surface area contributed by atoms with Gasteiger partial charge in [-0.25, -0.2) is 0 Å². The molecule has 2 aromatic carbocycles. The Kier molecular flexibility index (Phi) is 2.71. The fourth-order valence-electron chi connectivity index (χ4n) is 2.54. The third-order valence-corrected chi connectivity index (χ3v) is 4.36. The molecule has 0 radical (unpaired) electrons. The third kappa shape index (κ3) is 1.58. The van der Waals surface area contributed by atoms with E-state index in [4.69, 9.17) is 0 Å². The van der Waals surface area contributed by atoms with E-state index in [1.165, 1.54) is 4.91 Å². The Bertz CT molecular complexity index is 659. The van der Waals surface area contributed by atoms with Gasteiger partial charge in [0.2, 0.25) is 0 Å². The monoisotopic (exact) mass is 258 g/mol. The van der Waals surface area contributed by atoms with Crippen LogP contribution in [0, 0.1) is 0 Å². The first kappa shape index (κ1) is 11.5. The van der Waals surface area contributed by atoms with Crippen molar-refractivity contribution in [3.05, 3.63) is 46.4 Å². The summed E-state index contributed by atoms with van der Waals surface area (Å²) >= 11 is 1.70. The summed E-state index contributed by atoms with van der Waals surface area (Å²) in [7, 11) is 0. The van der Waals surface area contributed by atoms with Crippen molar-refractivity contribution < 1.29 is 10.2 Å². The van der Waals surface area contributed by atoms with Crippen molar-refractivity contribution >= 4 is 22.5 Å². The van der Waals surface area contributed by atoms with Crippen LogP contribution in [0.4, 0.5) is 0 Å². The molecule has 2 nitrogen and oxygen atoms in total. The van der Waals surface area contributed by atoms with Gasteiger partial charge in [-0.3, -0.25) is 0 Å². The molecular formula is C15H14O2S. The lowest BCUT2D eigenvalue weighted by molar-refractivity contribution is 0.459. The lowest BCUT2D eigenvalue weighted by Gasteiger charge is -2.20. The molecule has 2 aromatic rings. The van der Waals surface area contributed by atoms with Crippen LogP contribution in [-0.2, 0) is 12.8 Å². The zero-order valence-electron chi connectivity index (χ0n) is 10.1. The van der Waals surface area contributed by atoms with Gasteiger partial charge >= 0.3 is 0 Å². The Balaban J connectivity index is 2.31. The molecule has 3 heteroatoms. The summed E-state index contributed by atoms with van der Waals surface area (Å²) in [5, 5.41) is 22.2. The average molecular weight is 258 g/mol. The second kappa shape index (κ2) is 4.25. The van der Waals surface area contributed by atoms with E-state index in [9.17, 15) is 10.2 Å². The number of aromatic hydroxyl groups is 2. The van der Waals surface area contributed by atoms with Crippen molar-refractivity contribution in [1.82, 2.24) is 0 Å². The normalized spacial score (nSPS) is 14.4. The van der Waals surface area contributed by atoms with Crippen LogP contribution in [0.5, 0.6) is 11.5 Å². The van der Waals surface area contributed by atoms with Crippen LogP contribution in [0.15, 0.2) is 35.2 Å². The molecule has 0 saturated heterocycles. The molecule has 0 saturated carbocycles. The number of benzene rings is 2. The van der Waals surface area contributed by atoms with Crippen LogP contribution in [0.3, 0.4) is 0 Å². The molecule has 0 fully saturated rings. The molecule has 1 aliphatic carbocycles. The van der Waals surface area contributed by atoms with Gasteiger partial charge in [-0.2, -0.15) is 0 Å². The smallest absolute Gasteiger partial charge is 0.127 e. The molecule has 2 N–H and O–H groups in total. The second-order valence-corrected chi connectivity index (χ2v) is 5.39. The predicted octanol–water partition coefficient (Wildman–Crippen LogP) is 3.60. The summed E-state index contributed by atoms with van der Waals surface area (Å²) in [4.78, 5) is 1.24. The molecule has 18 heavy (non-hydrogen) atoms. The van der Waals surface area contributed by atoms with Gasteiger partial charge in [0.1, 0.15) is 11.5 Å². The maximum atomic E-state index is 10.4. The fraction of sp³-hybridized carbons (Fsp3) is 0.200. The largest absolute Gasteiger partial charge is 0.507 e. The molecule has 0 heterocycles. The zero-order chi connectivity index (χ0) is 12.7. The highest BCUT2D eigenvalue weighted by molar-refractivity contribution is 8.02. The van der Waals surface area contributed by atoms with Crippen molar-refractivity contribution in [2.24, 2.45) is 0 Å². The molecule has 3 rings (SSSR count). The highest BCUT2D eigenvalue weighted by atomic mass is 32.2. The average Bonchev–Trinajstić information content (AvgIpc) is 2.44. The van der Waals surface area contributed by atoms with Crippen LogP contribution in [0.1, 0.15) is 11.1 Å². The molecule has 92 valence electrons. The summed E-state index contributed by atoms with van der Waals surface area (Å²) in [5.74, 6) is 0.632. The highest BCUT2D eigenvalue weighted by Gasteiger charge is 2.21. The van der Waals surface area contributed by atoms with Gasteiger partial charge in [-0.1, -0.05) is 30.3 Å². The van der Waals surface area contributed by atoms with E-state index < -0.39 is 0 Å². The molecule has 0 aromatic heterocycles. The second-order valence-electron chi connectivity index (χ2n) is 4.46. The molecular weight excluding hydrogens is 244 g/mol. The lowest BCUT2D eigenvalue weighted by atomic mass is 9.91. The van der Waals surface area contributed by atoms with E-state index in [2.05, 4.69) is 6.08 Å². The summed E-state index contributed by atoms with van der Waals surface area (Å²) in [6, 6.07) is 7.45. The molecule has 0 aliphatic heterocycles. The van der Waals surface area contributed by atoms with Gasteiger partial charge in [-0.15, -0.1) is 11.8 Å². The van der Waals surface area contributed by atoms with Crippen LogP contribution < -0.4 is 0 Å². The summed E-state index contributed by atoms with van der Waals surface area (Å²) in [6.07, 6.45) is 5.56. The van der Waals surface area contributed by atoms with Crippen LogP contribution in [-0.4, -0.2) is 16.5 Å². The molecule has 0 bridgehead atoms. The van der Waals surface area contributed by atoms with E-state index in [1.807, 2.05) is 30.5 Å². The highest BCUT2D eigenvalue weighted by Crippen LogP contribution is 2.43. The van der Waals surface area contributed by atoms with Crippen LogP contribution in [0.25, 0.3) is 10.8 Å². The number of hydrogen-bond donors (Lipinski definition) is 2. The van der Waals surface area contributed by atoms with Gasteiger partial charge in [0.25, 0.3) is 0 Å². The first-order chi connectivity index (χ1) is 8.72. The molecule has 0 unspecified atom stereocenters. The van der Waals surface area contributed by atoms with E-state index in [-0.39, 0.29) is 0 Å². The molecule has 1 aliphatic rings. The molecule has 0 spiro atoms. The Labute approximate surface area is 110 Å².